The number of hydrogen-bond donors (Lipinski definition) is 2. The van der Waals surface area contributed by atoms with Crippen molar-refractivity contribution >= 4 is 24.3 Å². The van der Waals surface area contributed by atoms with Crippen LogP contribution in [0.5, 0.6) is 0 Å². The minimum absolute atomic E-state index is 0. The van der Waals surface area contributed by atoms with Crippen molar-refractivity contribution in [1.29, 1.82) is 0 Å². The van der Waals surface area contributed by atoms with Crippen LogP contribution in [0.3, 0.4) is 0 Å². The average molecular weight is 357 g/mol. The Bertz CT molecular complexity index is 527. The van der Waals surface area contributed by atoms with Gasteiger partial charge in [0.05, 0.1) is 12.7 Å². The van der Waals surface area contributed by atoms with Gasteiger partial charge < -0.3 is 20.5 Å². The predicted octanol–water partition coefficient (Wildman–Crippen LogP) is 1.21. The monoisotopic (exact) mass is 356 g/mol. The van der Waals surface area contributed by atoms with E-state index in [2.05, 4.69) is 5.32 Å². The number of esters is 1. The number of amides is 1. The zero-order valence-electron chi connectivity index (χ0n) is 13.8. The molecule has 1 aromatic carbocycles. The minimum atomic E-state index is -0.717. The summed E-state index contributed by atoms with van der Waals surface area (Å²) in [5.74, 6) is -0.715. The van der Waals surface area contributed by atoms with E-state index in [-0.39, 0.29) is 31.0 Å². The highest BCUT2D eigenvalue weighted by Gasteiger charge is 2.32. The zero-order chi connectivity index (χ0) is 16.7. The lowest BCUT2D eigenvalue weighted by Crippen LogP contribution is -2.47. The van der Waals surface area contributed by atoms with Crippen LogP contribution in [0, 0.1) is 0 Å². The maximum absolute atomic E-state index is 12.3. The molecule has 1 aliphatic rings. The summed E-state index contributed by atoms with van der Waals surface area (Å²) in [6.07, 6.45) is 1.14. The molecule has 3 N–H and O–H groups in total. The fourth-order valence-corrected chi connectivity index (χ4v) is 2.62. The van der Waals surface area contributed by atoms with Crippen LogP contribution in [0.15, 0.2) is 30.3 Å². The van der Waals surface area contributed by atoms with E-state index in [4.69, 9.17) is 15.2 Å². The normalized spacial score (nSPS) is 20.8. The quantitative estimate of drug-likeness (QED) is 0.716. The van der Waals surface area contributed by atoms with Gasteiger partial charge in [-0.2, -0.15) is 0 Å². The second kappa shape index (κ2) is 10.3. The van der Waals surface area contributed by atoms with Gasteiger partial charge in [0.25, 0.3) is 0 Å². The molecule has 1 aromatic rings. The summed E-state index contributed by atoms with van der Waals surface area (Å²) in [7, 11) is 0. The van der Waals surface area contributed by atoms with Crippen molar-refractivity contribution in [1.82, 2.24) is 5.32 Å². The zero-order valence-corrected chi connectivity index (χ0v) is 14.6. The van der Waals surface area contributed by atoms with Crippen molar-refractivity contribution in [3.8, 4) is 0 Å². The summed E-state index contributed by atoms with van der Waals surface area (Å²) in [4.78, 5) is 24.5. The lowest BCUT2D eigenvalue weighted by molar-refractivity contribution is -0.148. The molecule has 1 fully saturated rings. The van der Waals surface area contributed by atoms with Crippen molar-refractivity contribution in [2.75, 3.05) is 13.2 Å². The molecule has 134 valence electrons. The smallest absolute Gasteiger partial charge is 0.328 e. The molecule has 0 aliphatic carbocycles. The third-order valence-corrected chi connectivity index (χ3v) is 3.83. The van der Waals surface area contributed by atoms with E-state index >= 15 is 0 Å². The maximum Gasteiger partial charge on any atom is 0.328 e. The Morgan fingerprint density at radius 3 is 2.62 bits per heavy atom. The minimum Gasteiger partial charge on any atom is -0.464 e. The maximum atomic E-state index is 12.3. The number of rotatable bonds is 7. The van der Waals surface area contributed by atoms with Gasteiger partial charge in [-0.1, -0.05) is 30.3 Å². The molecule has 1 unspecified atom stereocenters. The van der Waals surface area contributed by atoms with Crippen LogP contribution >= 0.6 is 12.4 Å². The van der Waals surface area contributed by atoms with E-state index in [1.54, 1.807) is 6.92 Å². The first kappa shape index (κ1) is 20.4. The van der Waals surface area contributed by atoms with Crippen LogP contribution in [0.1, 0.15) is 25.3 Å². The van der Waals surface area contributed by atoms with Gasteiger partial charge in [0.15, 0.2) is 0 Å². The van der Waals surface area contributed by atoms with Gasteiger partial charge in [-0.15, -0.1) is 12.4 Å². The third-order valence-electron chi connectivity index (χ3n) is 3.83. The summed E-state index contributed by atoms with van der Waals surface area (Å²) >= 11 is 0. The molecule has 2 rings (SSSR count). The number of ether oxygens (including phenoxy) is 2. The topological polar surface area (TPSA) is 90.7 Å². The molecule has 1 saturated heterocycles. The number of benzene rings is 1. The molecule has 6 nitrogen and oxygen atoms in total. The summed E-state index contributed by atoms with van der Waals surface area (Å²) in [5, 5.41) is 2.76. The van der Waals surface area contributed by atoms with Crippen LogP contribution in [0.4, 0.5) is 0 Å². The lowest BCUT2D eigenvalue weighted by Gasteiger charge is -2.20. The average Bonchev–Trinajstić information content (AvgIpc) is 3.04. The van der Waals surface area contributed by atoms with Gasteiger partial charge in [0.2, 0.25) is 5.91 Å². The first-order chi connectivity index (χ1) is 11.1. The highest BCUT2D eigenvalue weighted by atomic mass is 35.5. The second-order valence-corrected chi connectivity index (χ2v) is 5.56. The standard InChI is InChI=1S/C17H24N2O4.ClH/c1-2-22-17(21)14(10-12-6-4-3-5-7-12)19-16(20)15-9-8-13(11-18)23-15;/h3-7,13-15H,2,8-11,18H2,1H3,(H,19,20);1H/t13-,14?,15+;/m1./s1. The molecule has 3 atom stereocenters. The molecule has 24 heavy (non-hydrogen) atoms. The fraction of sp³-hybridized carbons (Fsp3) is 0.529. The van der Waals surface area contributed by atoms with Gasteiger partial charge in [0, 0.05) is 13.0 Å². The van der Waals surface area contributed by atoms with E-state index in [1.807, 2.05) is 30.3 Å². The molecule has 0 saturated carbocycles. The summed E-state index contributed by atoms with van der Waals surface area (Å²) in [6, 6.07) is 8.80. The summed E-state index contributed by atoms with van der Waals surface area (Å²) in [6.45, 7) is 2.41. The molecule has 0 radical (unpaired) electrons. The van der Waals surface area contributed by atoms with Gasteiger partial charge in [-0.3, -0.25) is 4.79 Å². The van der Waals surface area contributed by atoms with Crippen LogP contribution in [-0.2, 0) is 25.5 Å². The Kier molecular flexibility index (Phi) is 8.74. The molecule has 1 amide bonds. The Hall–Kier alpha value is -1.63. The van der Waals surface area contributed by atoms with Gasteiger partial charge in [0.1, 0.15) is 12.1 Å². The summed E-state index contributed by atoms with van der Waals surface area (Å²) < 4.78 is 10.6. The van der Waals surface area contributed by atoms with Crippen molar-refractivity contribution in [3.63, 3.8) is 0 Å². The highest BCUT2D eigenvalue weighted by Crippen LogP contribution is 2.19. The molecule has 1 heterocycles. The van der Waals surface area contributed by atoms with Crippen molar-refractivity contribution < 1.29 is 19.1 Å². The number of carbonyl (C=O) groups excluding carboxylic acids is 2. The first-order valence-electron chi connectivity index (χ1n) is 8.00. The van der Waals surface area contributed by atoms with Crippen LogP contribution in [0.25, 0.3) is 0 Å². The van der Waals surface area contributed by atoms with Crippen molar-refractivity contribution in [2.45, 2.75) is 44.4 Å². The fourth-order valence-electron chi connectivity index (χ4n) is 2.62. The first-order valence-corrected chi connectivity index (χ1v) is 8.00. The third kappa shape index (κ3) is 5.78. The van der Waals surface area contributed by atoms with Crippen molar-refractivity contribution in [2.24, 2.45) is 5.73 Å². The lowest BCUT2D eigenvalue weighted by atomic mass is 10.1. The number of nitrogens with two attached hydrogens (primary N) is 1. The van der Waals surface area contributed by atoms with E-state index < -0.39 is 18.1 Å². The Balaban J connectivity index is 0.00000288. The van der Waals surface area contributed by atoms with Gasteiger partial charge >= 0.3 is 5.97 Å². The van der Waals surface area contributed by atoms with Gasteiger partial charge in [-0.05, 0) is 25.3 Å². The summed E-state index contributed by atoms with van der Waals surface area (Å²) in [5.41, 5.74) is 6.51. The number of carbonyl (C=O) groups is 2. The molecule has 0 aromatic heterocycles. The Labute approximate surface area is 148 Å². The molecular formula is C17H25ClN2O4. The Morgan fingerprint density at radius 1 is 1.33 bits per heavy atom. The molecule has 1 aliphatic heterocycles. The second-order valence-electron chi connectivity index (χ2n) is 5.56. The predicted molar refractivity (Wildman–Crippen MR) is 92.9 cm³/mol. The van der Waals surface area contributed by atoms with Gasteiger partial charge in [-0.25, -0.2) is 4.79 Å². The Morgan fingerprint density at radius 2 is 2.04 bits per heavy atom. The number of nitrogens with one attached hydrogen (secondary N) is 1. The van der Waals surface area contributed by atoms with E-state index in [9.17, 15) is 9.59 Å². The van der Waals surface area contributed by atoms with Crippen molar-refractivity contribution in [3.05, 3.63) is 35.9 Å². The number of hydrogen-bond acceptors (Lipinski definition) is 5. The van der Waals surface area contributed by atoms with Crippen LogP contribution < -0.4 is 11.1 Å². The van der Waals surface area contributed by atoms with Crippen LogP contribution in [-0.4, -0.2) is 43.3 Å². The molecular weight excluding hydrogens is 332 g/mol. The largest absolute Gasteiger partial charge is 0.464 e. The molecule has 7 heteroatoms. The molecule has 0 bridgehead atoms. The number of halogens is 1. The van der Waals surface area contributed by atoms with E-state index in [1.165, 1.54) is 0 Å². The van der Waals surface area contributed by atoms with E-state index in [0.29, 0.717) is 19.4 Å². The molecule has 0 spiro atoms. The SMILES string of the molecule is CCOC(=O)C(Cc1ccccc1)NC(=O)[C@@H]1CC[C@H](CN)O1.Cl. The van der Waals surface area contributed by atoms with Crippen LogP contribution in [0.2, 0.25) is 0 Å². The highest BCUT2D eigenvalue weighted by molar-refractivity contribution is 5.87. The van der Waals surface area contributed by atoms with E-state index in [0.717, 1.165) is 12.0 Å².